The van der Waals surface area contributed by atoms with Gasteiger partial charge in [-0.05, 0) is 45.8 Å². The molecule has 0 bridgehead atoms. The molecule has 0 radical (unpaired) electrons. The first kappa shape index (κ1) is 13.9. The molecule has 0 aliphatic carbocycles. The van der Waals surface area contributed by atoms with Crippen LogP contribution in [0.25, 0.3) is 0 Å². The molecule has 20 heavy (non-hydrogen) atoms. The van der Waals surface area contributed by atoms with Crippen LogP contribution in [0.4, 0.5) is 0 Å². The minimum absolute atomic E-state index is 0.183. The molecule has 1 aliphatic rings. The quantitative estimate of drug-likeness (QED) is 0.700. The van der Waals surface area contributed by atoms with Crippen LogP contribution in [0.1, 0.15) is 21.5 Å². The third-order valence-electron chi connectivity index (χ3n) is 3.19. The second-order valence-corrected chi connectivity index (χ2v) is 6.14. The molecule has 0 unspecified atom stereocenters. The molecular weight excluding hydrogens is 363 g/mol. The Kier molecular flexibility index (Phi) is 3.76. The van der Waals surface area contributed by atoms with Gasteiger partial charge in [0.15, 0.2) is 5.78 Å². The largest absolute Gasteiger partial charge is 0.492 e. The number of halogens is 3. The van der Waals surface area contributed by atoms with E-state index in [2.05, 4.69) is 15.9 Å². The highest BCUT2D eigenvalue weighted by atomic mass is 79.9. The van der Waals surface area contributed by atoms with Gasteiger partial charge in [-0.25, -0.2) is 0 Å². The molecule has 1 heterocycles. The molecule has 0 spiro atoms. The predicted molar refractivity (Wildman–Crippen MR) is 83.2 cm³/mol. The van der Waals surface area contributed by atoms with Crippen LogP contribution in [-0.2, 0) is 6.42 Å². The third kappa shape index (κ3) is 2.34. The van der Waals surface area contributed by atoms with E-state index in [0.717, 1.165) is 12.0 Å². The second-order valence-electron chi connectivity index (χ2n) is 4.47. The lowest BCUT2D eigenvalue weighted by Crippen LogP contribution is -2.05. The number of ketones is 1. The number of fused-ring (bicyclic) bond motifs is 1. The number of rotatable bonds is 2. The van der Waals surface area contributed by atoms with Crippen molar-refractivity contribution in [3.63, 3.8) is 0 Å². The van der Waals surface area contributed by atoms with Gasteiger partial charge in [-0.3, -0.25) is 4.79 Å². The van der Waals surface area contributed by atoms with Gasteiger partial charge in [0, 0.05) is 21.5 Å². The fourth-order valence-corrected chi connectivity index (χ4v) is 3.08. The molecule has 0 saturated heterocycles. The van der Waals surface area contributed by atoms with E-state index in [1.54, 1.807) is 24.3 Å². The molecule has 2 aromatic rings. The molecule has 0 fully saturated rings. The highest BCUT2D eigenvalue weighted by Crippen LogP contribution is 2.36. The Labute approximate surface area is 134 Å². The average Bonchev–Trinajstić information content (AvgIpc) is 2.88. The Morgan fingerprint density at radius 3 is 2.80 bits per heavy atom. The summed E-state index contributed by atoms with van der Waals surface area (Å²) in [6.07, 6.45) is 0.766. The topological polar surface area (TPSA) is 26.3 Å². The zero-order valence-electron chi connectivity index (χ0n) is 10.3. The summed E-state index contributed by atoms with van der Waals surface area (Å²) < 4.78 is 6.25. The molecule has 0 atom stereocenters. The summed E-state index contributed by atoms with van der Waals surface area (Å²) in [5.74, 6) is 0.437. The standard InChI is InChI=1S/C15H9BrCl2O2/c16-12-3-1-2-10(13(12)18)14(19)11-7-9(17)6-8-4-5-20-15(8)11/h1-3,6-7H,4-5H2. The lowest BCUT2D eigenvalue weighted by atomic mass is 10.00. The molecule has 102 valence electrons. The molecule has 2 aromatic carbocycles. The first-order valence-corrected chi connectivity index (χ1v) is 7.57. The number of carbonyl (C=O) groups excluding carboxylic acids is 1. The summed E-state index contributed by atoms with van der Waals surface area (Å²) in [5, 5.41) is 0.924. The zero-order valence-corrected chi connectivity index (χ0v) is 13.3. The molecule has 0 N–H and O–H groups in total. The highest BCUT2D eigenvalue weighted by Gasteiger charge is 2.24. The molecule has 0 saturated carbocycles. The van der Waals surface area contributed by atoms with E-state index < -0.39 is 0 Å². The maximum atomic E-state index is 12.7. The van der Waals surface area contributed by atoms with E-state index in [1.807, 2.05) is 6.07 Å². The van der Waals surface area contributed by atoms with E-state index in [4.69, 9.17) is 27.9 Å². The van der Waals surface area contributed by atoms with Crippen molar-refractivity contribution in [1.82, 2.24) is 0 Å². The van der Waals surface area contributed by atoms with E-state index in [-0.39, 0.29) is 5.78 Å². The van der Waals surface area contributed by atoms with Crippen molar-refractivity contribution < 1.29 is 9.53 Å². The zero-order chi connectivity index (χ0) is 14.3. The van der Waals surface area contributed by atoms with Crippen LogP contribution < -0.4 is 4.74 Å². The lowest BCUT2D eigenvalue weighted by molar-refractivity contribution is 0.103. The first-order valence-electron chi connectivity index (χ1n) is 6.02. The first-order chi connectivity index (χ1) is 9.58. The van der Waals surface area contributed by atoms with Crippen molar-refractivity contribution in [2.45, 2.75) is 6.42 Å². The van der Waals surface area contributed by atoms with Gasteiger partial charge in [0.2, 0.25) is 0 Å². The normalized spacial score (nSPS) is 12.9. The van der Waals surface area contributed by atoms with Crippen LogP contribution in [-0.4, -0.2) is 12.4 Å². The van der Waals surface area contributed by atoms with Crippen LogP contribution in [0.3, 0.4) is 0 Å². The van der Waals surface area contributed by atoms with Gasteiger partial charge < -0.3 is 4.74 Å². The summed E-state index contributed by atoms with van der Waals surface area (Å²) in [4.78, 5) is 12.7. The van der Waals surface area contributed by atoms with Gasteiger partial charge in [0.05, 0.1) is 17.2 Å². The van der Waals surface area contributed by atoms with Crippen LogP contribution >= 0.6 is 39.1 Å². The Balaban J connectivity index is 2.14. The third-order valence-corrected chi connectivity index (χ3v) is 4.70. The van der Waals surface area contributed by atoms with Gasteiger partial charge in [0.1, 0.15) is 5.75 Å². The lowest BCUT2D eigenvalue weighted by Gasteiger charge is -2.10. The number of hydrogen-bond acceptors (Lipinski definition) is 2. The Bertz CT molecular complexity index is 713. The number of carbonyl (C=O) groups is 1. The number of ether oxygens (including phenoxy) is 1. The molecular formula is C15H9BrCl2O2. The Morgan fingerprint density at radius 1 is 1.20 bits per heavy atom. The van der Waals surface area contributed by atoms with Gasteiger partial charge in [-0.15, -0.1) is 0 Å². The minimum Gasteiger partial charge on any atom is -0.492 e. The molecule has 2 nitrogen and oxygen atoms in total. The SMILES string of the molecule is O=C(c1cccc(Br)c1Cl)c1cc(Cl)cc2c1OCC2. The van der Waals surface area contributed by atoms with Crippen molar-refractivity contribution in [1.29, 1.82) is 0 Å². The average molecular weight is 372 g/mol. The summed E-state index contributed by atoms with van der Waals surface area (Å²) in [5.41, 5.74) is 1.86. The van der Waals surface area contributed by atoms with Crippen LogP contribution in [0.2, 0.25) is 10.0 Å². The predicted octanol–water partition coefficient (Wildman–Crippen LogP) is 4.92. The van der Waals surface area contributed by atoms with Crippen molar-refractivity contribution in [2.75, 3.05) is 6.61 Å². The molecule has 0 aromatic heterocycles. The van der Waals surface area contributed by atoms with Gasteiger partial charge >= 0.3 is 0 Å². The fourth-order valence-electron chi connectivity index (χ4n) is 2.26. The maximum absolute atomic E-state index is 12.7. The van der Waals surface area contributed by atoms with E-state index in [1.165, 1.54) is 0 Å². The summed E-state index contributed by atoms with van der Waals surface area (Å²) in [6, 6.07) is 8.72. The van der Waals surface area contributed by atoms with Gasteiger partial charge in [0.25, 0.3) is 0 Å². The Hall–Kier alpha value is -1.03. The van der Waals surface area contributed by atoms with Crippen molar-refractivity contribution in [3.05, 3.63) is 61.5 Å². The van der Waals surface area contributed by atoms with Crippen LogP contribution in [0.15, 0.2) is 34.8 Å². The minimum atomic E-state index is -0.183. The van der Waals surface area contributed by atoms with Crippen molar-refractivity contribution in [2.24, 2.45) is 0 Å². The fraction of sp³-hybridized carbons (Fsp3) is 0.133. The summed E-state index contributed by atoms with van der Waals surface area (Å²) >= 11 is 15.6. The van der Waals surface area contributed by atoms with Gasteiger partial charge in [-0.2, -0.15) is 0 Å². The molecule has 1 aliphatic heterocycles. The van der Waals surface area contributed by atoms with E-state index in [0.29, 0.717) is 38.0 Å². The highest BCUT2D eigenvalue weighted by molar-refractivity contribution is 9.10. The summed E-state index contributed by atoms with van der Waals surface area (Å²) in [6.45, 7) is 0.572. The monoisotopic (exact) mass is 370 g/mol. The van der Waals surface area contributed by atoms with Crippen molar-refractivity contribution >= 4 is 44.9 Å². The summed E-state index contributed by atoms with van der Waals surface area (Å²) in [7, 11) is 0. The van der Waals surface area contributed by atoms with E-state index in [9.17, 15) is 4.79 Å². The number of hydrogen-bond donors (Lipinski definition) is 0. The van der Waals surface area contributed by atoms with Crippen molar-refractivity contribution in [3.8, 4) is 5.75 Å². The molecule has 0 amide bonds. The second kappa shape index (κ2) is 5.40. The Morgan fingerprint density at radius 2 is 2.00 bits per heavy atom. The number of benzene rings is 2. The van der Waals surface area contributed by atoms with Gasteiger partial charge in [-0.1, -0.05) is 29.3 Å². The van der Waals surface area contributed by atoms with Crippen LogP contribution in [0, 0.1) is 0 Å². The molecule has 5 heteroatoms. The van der Waals surface area contributed by atoms with Crippen LogP contribution in [0.5, 0.6) is 5.75 Å². The maximum Gasteiger partial charge on any atom is 0.198 e. The molecule has 3 rings (SSSR count). The smallest absolute Gasteiger partial charge is 0.198 e. The van der Waals surface area contributed by atoms with E-state index >= 15 is 0 Å².